The monoisotopic (exact) mass is 293 g/mol. The Morgan fingerprint density at radius 3 is 2.52 bits per heavy atom. The largest absolute Gasteiger partial charge is 0.352 e. The fourth-order valence-corrected chi connectivity index (χ4v) is 1.85. The van der Waals surface area contributed by atoms with Crippen LogP contribution in [0.15, 0.2) is 24.3 Å². The maximum absolute atomic E-state index is 12.8. The molecule has 1 aromatic rings. The first kappa shape index (κ1) is 15.4. The van der Waals surface area contributed by atoms with E-state index in [2.05, 4.69) is 10.6 Å². The zero-order valence-corrected chi connectivity index (χ0v) is 12.2. The van der Waals surface area contributed by atoms with E-state index in [4.69, 9.17) is 0 Å². The van der Waals surface area contributed by atoms with Crippen LogP contribution in [0.2, 0.25) is 0 Å². The molecule has 0 radical (unpaired) electrons. The molecule has 114 valence electrons. The van der Waals surface area contributed by atoms with E-state index >= 15 is 0 Å². The fraction of sp³-hybridized carbons (Fsp3) is 0.467. The van der Waals surface area contributed by atoms with E-state index < -0.39 is 0 Å². The Bertz CT molecular complexity index is 514. The number of anilines is 1. The zero-order chi connectivity index (χ0) is 15.4. The van der Waals surface area contributed by atoms with Crippen molar-refractivity contribution in [3.05, 3.63) is 30.1 Å². The van der Waals surface area contributed by atoms with Gasteiger partial charge in [-0.05, 0) is 51.1 Å². The highest BCUT2D eigenvalue weighted by atomic mass is 19.1. The van der Waals surface area contributed by atoms with Crippen LogP contribution in [0, 0.1) is 5.82 Å². The summed E-state index contributed by atoms with van der Waals surface area (Å²) >= 11 is 0. The number of likely N-dealkylation sites (N-methyl/N-ethyl adjacent to an activating group) is 1. The molecule has 0 aromatic heterocycles. The first-order valence-electron chi connectivity index (χ1n) is 7.01. The highest BCUT2D eigenvalue weighted by Gasteiger charge is 2.27. The molecule has 2 N–H and O–H groups in total. The molecule has 1 aliphatic rings. The molecule has 0 spiro atoms. The molecule has 0 bridgehead atoms. The van der Waals surface area contributed by atoms with E-state index in [1.165, 1.54) is 24.3 Å². The van der Waals surface area contributed by atoms with E-state index in [0.717, 1.165) is 12.8 Å². The van der Waals surface area contributed by atoms with Crippen molar-refractivity contribution in [3.63, 3.8) is 0 Å². The lowest BCUT2D eigenvalue weighted by atomic mass is 10.2. The lowest BCUT2D eigenvalue weighted by Gasteiger charge is -2.23. The standard InChI is InChI=1S/C15H20FN3O2/c1-10(15(21)18-13-7-8-13)19(2)9-14(20)17-12-5-3-11(16)4-6-12/h3-6,10,13H,7-9H2,1-2H3,(H,17,20)(H,18,21). The van der Waals surface area contributed by atoms with Crippen molar-refractivity contribution in [2.45, 2.75) is 31.8 Å². The topological polar surface area (TPSA) is 61.4 Å². The predicted octanol–water partition coefficient (Wildman–Crippen LogP) is 1.36. The maximum Gasteiger partial charge on any atom is 0.238 e. The summed E-state index contributed by atoms with van der Waals surface area (Å²) in [5.74, 6) is -0.653. The first-order valence-corrected chi connectivity index (χ1v) is 7.01. The van der Waals surface area contributed by atoms with Gasteiger partial charge in [0, 0.05) is 11.7 Å². The summed E-state index contributed by atoms with van der Waals surface area (Å²) in [6.07, 6.45) is 2.07. The van der Waals surface area contributed by atoms with Gasteiger partial charge in [0.25, 0.3) is 0 Å². The molecule has 1 aromatic carbocycles. The van der Waals surface area contributed by atoms with Crippen LogP contribution in [0.4, 0.5) is 10.1 Å². The first-order chi connectivity index (χ1) is 9.95. The Morgan fingerprint density at radius 2 is 1.95 bits per heavy atom. The van der Waals surface area contributed by atoms with Crippen LogP contribution >= 0.6 is 0 Å². The van der Waals surface area contributed by atoms with E-state index in [-0.39, 0.29) is 30.2 Å². The van der Waals surface area contributed by atoms with Crippen molar-refractivity contribution in [2.75, 3.05) is 18.9 Å². The average Bonchev–Trinajstić information content (AvgIpc) is 3.24. The molecule has 2 amide bonds. The second-order valence-electron chi connectivity index (χ2n) is 5.43. The average molecular weight is 293 g/mol. The molecule has 21 heavy (non-hydrogen) atoms. The molecule has 2 rings (SSSR count). The van der Waals surface area contributed by atoms with Crippen molar-refractivity contribution < 1.29 is 14.0 Å². The quantitative estimate of drug-likeness (QED) is 0.832. The molecule has 0 aliphatic heterocycles. The SMILES string of the molecule is CC(C(=O)NC1CC1)N(C)CC(=O)Nc1ccc(F)cc1. The molecule has 5 nitrogen and oxygen atoms in total. The molecular formula is C15H20FN3O2. The summed E-state index contributed by atoms with van der Waals surface area (Å²) in [5, 5.41) is 5.58. The normalized spacial score (nSPS) is 15.6. The van der Waals surface area contributed by atoms with Gasteiger partial charge in [0.05, 0.1) is 12.6 Å². The van der Waals surface area contributed by atoms with Crippen LogP contribution in [0.5, 0.6) is 0 Å². The molecular weight excluding hydrogens is 273 g/mol. The van der Waals surface area contributed by atoms with Gasteiger partial charge < -0.3 is 10.6 Å². The highest BCUT2D eigenvalue weighted by molar-refractivity contribution is 5.92. The van der Waals surface area contributed by atoms with Crippen LogP contribution in [0.3, 0.4) is 0 Å². The predicted molar refractivity (Wildman–Crippen MR) is 78.3 cm³/mol. The smallest absolute Gasteiger partial charge is 0.238 e. The Morgan fingerprint density at radius 1 is 1.33 bits per heavy atom. The van der Waals surface area contributed by atoms with Crippen molar-refractivity contribution in [1.82, 2.24) is 10.2 Å². The number of carbonyl (C=O) groups is 2. The number of hydrogen-bond acceptors (Lipinski definition) is 3. The molecule has 1 unspecified atom stereocenters. The van der Waals surface area contributed by atoms with Crippen molar-refractivity contribution in [3.8, 4) is 0 Å². The molecule has 1 saturated carbocycles. The number of nitrogens with one attached hydrogen (secondary N) is 2. The summed E-state index contributed by atoms with van der Waals surface area (Å²) in [6.45, 7) is 1.86. The van der Waals surface area contributed by atoms with Gasteiger partial charge in [0.15, 0.2) is 0 Å². The highest BCUT2D eigenvalue weighted by Crippen LogP contribution is 2.19. The molecule has 1 atom stereocenters. The minimum atomic E-state index is -0.371. The van der Waals surface area contributed by atoms with Crippen LogP contribution < -0.4 is 10.6 Å². The number of halogens is 1. The van der Waals surface area contributed by atoms with Gasteiger partial charge in [0.2, 0.25) is 11.8 Å². The van der Waals surface area contributed by atoms with Gasteiger partial charge in [-0.25, -0.2) is 4.39 Å². The van der Waals surface area contributed by atoms with Gasteiger partial charge in [0.1, 0.15) is 5.82 Å². The summed E-state index contributed by atoms with van der Waals surface area (Å²) in [7, 11) is 1.72. The Kier molecular flexibility index (Phi) is 4.90. The van der Waals surface area contributed by atoms with Crippen molar-refractivity contribution in [1.29, 1.82) is 0 Å². The zero-order valence-electron chi connectivity index (χ0n) is 12.2. The number of amides is 2. The fourth-order valence-electron chi connectivity index (χ4n) is 1.85. The van der Waals surface area contributed by atoms with Crippen LogP contribution in [0.1, 0.15) is 19.8 Å². The molecule has 1 aliphatic carbocycles. The third-order valence-corrected chi connectivity index (χ3v) is 3.49. The number of hydrogen-bond donors (Lipinski definition) is 2. The molecule has 1 fully saturated rings. The van der Waals surface area contributed by atoms with Gasteiger partial charge in [-0.3, -0.25) is 14.5 Å². The third kappa shape index (κ3) is 4.82. The summed E-state index contributed by atoms with van der Waals surface area (Å²) in [5.41, 5.74) is 0.532. The minimum absolute atomic E-state index is 0.0606. The van der Waals surface area contributed by atoms with Crippen molar-refractivity contribution in [2.24, 2.45) is 0 Å². The van der Waals surface area contributed by atoms with Gasteiger partial charge in [-0.1, -0.05) is 0 Å². The third-order valence-electron chi connectivity index (χ3n) is 3.49. The molecule has 0 heterocycles. The molecule has 6 heteroatoms. The Labute approximate surface area is 123 Å². The van der Waals surface area contributed by atoms with Crippen molar-refractivity contribution >= 4 is 17.5 Å². The lowest BCUT2D eigenvalue weighted by Crippen LogP contribution is -2.46. The number of nitrogens with zero attached hydrogens (tertiary/aromatic N) is 1. The Hall–Kier alpha value is -1.95. The molecule has 0 saturated heterocycles. The second-order valence-corrected chi connectivity index (χ2v) is 5.43. The second kappa shape index (κ2) is 6.67. The maximum atomic E-state index is 12.8. The van der Waals surface area contributed by atoms with E-state index in [9.17, 15) is 14.0 Å². The van der Waals surface area contributed by atoms with E-state index in [1.807, 2.05) is 0 Å². The van der Waals surface area contributed by atoms with Gasteiger partial charge in [-0.15, -0.1) is 0 Å². The lowest BCUT2D eigenvalue weighted by molar-refractivity contribution is -0.126. The van der Waals surface area contributed by atoms with E-state index in [0.29, 0.717) is 11.7 Å². The van der Waals surface area contributed by atoms with Crippen LogP contribution in [-0.4, -0.2) is 42.4 Å². The number of carbonyl (C=O) groups excluding carboxylic acids is 2. The van der Waals surface area contributed by atoms with Crippen LogP contribution in [0.25, 0.3) is 0 Å². The summed E-state index contributed by atoms with van der Waals surface area (Å²) in [6, 6.07) is 5.49. The van der Waals surface area contributed by atoms with Gasteiger partial charge in [-0.2, -0.15) is 0 Å². The van der Waals surface area contributed by atoms with Gasteiger partial charge >= 0.3 is 0 Å². The summed E-state index contributed by atoms with van der Waals surface area (Å²) < 4.78 is 12.8. The number of rotatable bonds is 6. The van der Waals surface area contributed by atoms with Crippen LogP contribution in [-0.2, 0) is 9.59 Å². The number of benzene rings is 1. The summed E-state index contributed by atoms with van der Waals surface area (Å²) in [4.78, 5) is 25.5. The Balaban J connectivity index is 1.80. The minimum Gasteiger partial charge on any atom is -0.352 e. The van der Waals surface area contributed by atoms with E-state index in [1.54, 1.807) is 18.9 Å².